The summed E-state index contributed by atoms with van der Waals surface area (Å²) in [5.74, 6) is -0.665. The molecule has 0 bridgehead atoms. The molecule has 4 aromatic heterocycles. The quantitative estimate of drug-likeness (QED) is 0.315. The van der Waals surface area contributed by atoms with E-state index in [1.165, 1.54) is 18.3 Å². The molecule has 0 saturated carbocycles. The van der Waals surface area contributed by atoms with E-state index in [9.17, 15) is 22.4 Å². The fourth-order valence-electron chi connectivity index (χ4n) is 3.51. The number of rotatable bonds is 9. The molecular formula is C21H20ClF4N7O2. The van der Waals surface area contributed by atoms with Gasteiger partial charge < -0.3 is 9.73 Å². The first-order valence-corrected chi connectivity index (χ1v) is 10.8. The van der Waals surface area contributed by atoms with Crippen LogP contribution in [0.2, 0.25) is 5.02 Å². The molecule has 9 nitrogen and oxygen atoms in total. The SMILES string of the molecule is CCn1ncc(Cn2cc(NC(=O)c3ccc(Cn4nc(C(F)F)c(Cl)c4C(F)F)o3)cn2)c1C. The number of aromatic nitrogens is 6. The van der Waals surface area contributed by atoms with Crippen LogP contribution in [0.25, 0.3) is 0 Å². The molecule has 0 aliphatic carbocycles. The number of hydrogen-bond acceptors (Lipinski definition) is 5. The van der Waals surface area contributed by atoms with Crippen LogP contribution < -0.4 is 5.32 Å². The van der Waals surface area contributed by atoms with Crippen molar-refractivity contribution in [1.29, 1.82) is 0 Å². The number of carbonyl (C=O) groups is 1. The second kappa shape index (κ2) is 9.94. The molecule has 0 fully saturated rings. The fourth-order valence-corrected chi connectivity index (χ4v) is 3.81. The van der Waals surface area contributed by atoms with Gasteiger partial charge in [-0.1, -0.05) is 11.6 Å². The minimum absolute atomic E-state index is 0.0520. The summed E-state index contributed by atoms with van der Waals surface area (Å²) in [6.45, 7) is 4.76. The third kappa shape index (κ3) is 5.09. The molecule has 0 unspecified atom stereocenters. The number of aryl methyl sites for hydroxylation is 1. The molecular weight excluding hydrogens is 494 g/mol. The van der Waals surface area contributed by atoms with Gasteiger partial charge in [0.05, 0.1) is 36.2 Å². The molecule has 0 radical (unpaired) electrons. The van der Waals surface area contributed by atoms with E-state index in [-0.39, 0.29) is 11.5 Å². The van der Waals surface area contributed by atoms with Gasteiger partial charge in [0.2, 0.25) is 0 Å². The van der Waals surface area contributed by atoms with Crippen molar-refractivity contribution in [2.45, 2.75) is 46.3 Å². The number of anilines is 1. The Bertz CT molecular complexity index is 1340. The molecule has 0 aliphatic heterocycles. The van der Waals surface area contributed by atoms with Crippen molar-refractivity contribution in [2.75, 3.05) is 5.32 Å². The summed E-state index contributed by atoms with van der Waals surface area (Å²) in [5.41, 5.74) is 0.623. The van der Waals surface area contributed by atoms with Crippen LogP contribution in [0.5, 0.6) is 0 Å². The highest BCUT2D eigenvalue weighted by molar-refractivity contribution is 6.32. The van der Waals surface area contributed by atoms with Crippen LogP contribution in [0.1, 0.15) is 58.7 Å². The van der Waals surface area contributed by atoms with Crippen molar-refractivity contribution in [1.82, 2.24) is 29.3 Å². The smallest absolute Gasteiger partial charge is 0.291 e. The Morgan fingerprint density at radius 3 is 2.54 bits per heavy atom. The zero-order chi connectivity index (χ0) is 25.3. The number of nitrogens with zero attached hydrogens (tertiary/aromatic N) is 6. The van der Waals surface area contributed by atoms with Crippen molar-refractivity contribution < 1.29 is 26.8 Å². The molecule has 35 heavy (non-hydrogen) atoms. The first-order chi connectivity index (χ1) is 16.7. The number of alkyl halides is 4. The Morgan fingerprint density at radius 2 is 1.89 bits per heavy atom. The largest absolute Gasteiger partial charge is 0.454 e. The van der Waals surface area contributed by atoms with Crippen LogP contribution in [0.3, 0.4) is 0 Å². The number of carbonyl (C=O) groups excluding carboxylic acids is 1. The Morgan fingerprint density at radius 1 is 1.11 bits per heavy atom. The van der Waals surface area contributed by atoms with E-state index in [4.69, 9.17) is 16.0 Å². The standard InChI is InChI=1S/C21H20ClF4N7O2/c1-3-32-11(2)12(6-28-32)8-31-9-13(7-27-31)29-21(34)15-5-4-14(35-15)10-33-18(20(25)26)16(22)17(30-33)19(23)24/h4-7,9,19-20H,3,8,10H2,1-2H3,(H,29,34). The van der Waals surface area contributed by atoms with Crippen LogP contribution in [-0.2, 0) is 19.6 Å². The minimum Gasteiger partial charge on any atom is -0.454 e. The van der Waals surface area contributed by atoms with Crippen molar-refractivity contribution in [3.8, 4) is 0 Å². The van der Waals surface area contributed by atoms with Gasteiger partial charge >= 0.3 is 0 Å². The van der Waals surface area contributed by atoms with E-state index < -0.39 is 41.7 Å². The molecule has 1 N–H and O–H groups in total. The fraction of sp³-hybridized carbons (Fsp3) is 0.333. The molecule has 4 rings (SSSR count). The molecule has 14 heteroatoms. The van der Waals surface area contributed by atoms with E-state index in [1.807, 2.05) is 18.5 Å². The van der Waals surface area contributed by atoms with E-state index in [1.54, 1.807) is 17.1 Å². The molecule has 0 atom stereocenters. The summed E-state index contributed by atoms with van der Waals surface area (Å²) in [6.07, 6.45) is -1.38. The summed E-state index contributed by atoms with van der Waals surface area (Å²) >= 11 is 5.65. The second-order valence-electron chi connectivity index (χ2n) is 7.56. The Labute approximate surface area is 201 Å². The van der Waals surface area contributed by atoms with E-state index >= 15 is 0 Å². The molecule has 0 spiro atoms. The number of nitrogens with one attached hydrogen (secondary N) is 1. The van der Waals surface area contributed by atoms with Crippen molar-refractivity contribution in [3.63, 3.8) is 0 Å². The van der Waals surface area contributed by atoms with Crippen LogP contribution in [0.15, 0.2) is 35.1 Å². The second-order valence-corrected chi connectivity index (χ2v) is 7.94. The Balaban J connectivity index is 1.43. The van der Waals surface area contributed by atoms with Crippen LogP contribution in [-0.4, -0.2) is 35.2 Å². The molecule has 0 saturated heterocycles. The average Bonchev–Trinajstić information content (AvgIpc) is 3.57. The molecule has 186 valence electrons. The van der Waals surface area contributed by atoms with Gasteiger partial charge in [-0.3, -0.25) is 18.8 Å². The zero-order valence-corrected chi connectivity index (χ0v) is 19.3. The minimum atomic E-state index is -3.13. The van der Waals surface area contributed by atoms with E-state index in [2.05, 4.69) is 20.6 Å². The predicted molar refractivity (Wildman–Crippen MR) is 117 cm³/mol. The number of halogens is 5. The molecule has 4 aromatic rings. The summed E-state index contributed by atoms with van der Waals surface area (Å²) in [4.78, 5) is 12.5. The number of furan rings is 1. The van der Waals surface area contributed by atoms with E-state index in [0.29, 0.717) is 16.9 Å². The van der Waals surface area contributed by atoms with Gasteiger partial charge in [0.1, 0.15) is 17.1 Å². The van der Waals surface area contributed by atoms with Gasteiger partial charge in [-0.15, -0.1) is 0 Å². The molecule has 0 aromatic carbocycles. The van der Waals surface area contributed by atoms with Crippen LogP contribution in [0.4, 0.5) is 23.2 Å². The van der Waals surface area contributed by atoms with Gasteiger partial charge in [-0.05, 0) is 26.0 Å². The monoisotopic (exact) mass is 513 g/mol. The summed E-state index contributed by atoms with van der Waals surface area (Å²) in [5, 5.41) is 13.8. The summed E-state index contributed by atoms with van der Waals surface area (Å²) < 4.78 is 62.2. The lowest BCUT2D eigenvalue weighted by molar-refractivity contribution is 0.0994. The third-order valence-electron chi connectivity index (χ3n) is 5.29. The molecule has 4 heterocycles. The van der Waals surface area contributed by atoms with Crippen molar-refractivity contribution in [2.24, 2.45) is 0 Å². The van der Waals surface area contributed by atoms with Gasteiger partial charge in [0.15, 0.2) is 5.76 Å². The zero-order valence-electron chi connectivity index (χ0n) is 18.6. The highest BCUT2D eigenvalue weighted by atomic mass is 35.5. The normalized spacial score (nSPS) is 11.7. The van der Waals surface area contributed by atoms with Gasteiger partial charge in [-0.2, -0.15) is 15.3 Å². The maximum atomic E-state index is 13.3. The maximum Gasteiger partial charge on any atom is 0.291 e. The molecule has 1 amide bonds. The lowest BCUT2D eigenvalue weighted by Gasteiger charge is -2.05. The van der Waals surface area contributed by atoms with Crippen LogP contribution >= 0.6 is 11.6 Å². The number of amides is 1. The lowest BCUT2D eigenvalue weighted by atomic mass is 10.2. The highest BCUT2D eigenvalue weighted by Crippen LogP contribution is 2.35. The van der Waals surface area contributed by atoms with Gasteiger partial charge in [-0.25, -0.2) is 17.6 Å². The third-order valence-corrected chi connectivity index (χ3v) is 5.68. The Kier molecular flexibility index (Phi) is 6.96. The highest BCUT2D eigenvalue weighted by Gasteiger charge is 2.28. The maximum absolute atomic E-state index is 13.3. The topological polar surface area (TPSA) is 95.7 Å². The van der Waals surface area contributed by atoms with Gasteiger partial charge in [0, 0.05) is 24.0 Å². The summed E-state index contributed by atoms with van der Waals surface area (Å²) in [6, 6.07) is 2.69. The average molecular weight is 514 g/mol. The van der Waals surface area contributed by atoms with Crippen molar-refractivity contribution >= 4 is 23.2 Å². The lowest BCUT2D eigenvalue weighted by Crippen LogP contribution is -2.11. The Hall–Kier alpha value is -3.61. The van der Waals surface area contributed by atoms with Crippen molar-refractivity contribution in [3.05, 3.63) is 69.9 Å². The first kappa shape index (κ1) is 24.5. The van der Waals surface area contributed by atoms with E-state index in [0.717, 1.165) is 17.8 Å². The van der Waals surface area contributed by atoms with Crippen LogP contribution in [0, 0.1) is 6.92 Å². The summed E-state index contributed by atoms with van der Waals surface area (Å²) in [7, 11) is 0. The predicted octanol–water partition coefficient (Wildman–Crippen LogP) is 5.07. The molecule has 0 aliphatic rings. The number of hydrogen-bond donors (Lipinski definition) is 1. The first-order valence-electron chi connectivity index (χ1n) is 10.4. The van der Waals surface area contributed by atoms with Gasteiger partial charge in [0.25, 0.3) is 18.8 Å².